The van der Waals surface area contributed by atoms with Crippen LogP contribution in [-0.4, -0.2) is 31.1 Å². The van der Waals surface area contributed by atoms with Crippen LogP contribution >= 0.6 is 23.1 Å². The summed E-state index contributed by atoms with van der Waals surface area (Å²) >= 11 is 3.07. The third-order valence-electron chi connectivity index (χ3n) is 4.18. The van der Waals surface area contributed by atoms with Gasteiger partial charge >= 0.3 is 0 Å². The molecule has 0 bridgehead atoms. The molecule has 0 aliphatic heterocycles. The van der Waals surface area contributed by atoms with Crippen LogP contribution in [0.25, 0.3) is 0 Å². The minimum Gasteiger partial charge on any atom is -0.391 e. The van der Waals surface area contributed by atoms with E-state index in [1.54, 1.807) is 24.1 Å². The van der Waals surface area contributed by atoms with Gasteiger partial charge in [0, 0.05) is 11.3 Å². The molecule has 0 atom stereocenters. The highest BCUT2D eigenvalue weighted by atomic mass is 32.2. The summed E-state index contributed by atoms with van der Waals surface area (Å²) < 4.78 is 27.9. The third-order valence-corrected chi connectivity index (χ3v) is 8.45. The van der Waals surface area contributed by atoms with E-state index in [1.807, 2.05) is 0 Å². The summed E-state index contributed by atoms with van der Waals surface area (Å²) in [4.78, 5) is 0.781. The first-order chi connectivity index (χ1) is 9.94. The summed E-state index contributed by atoms with van der Waals surface area (Å²) in [5.74, 6) is 0. The van der Waals surface area contributed by atoms with Crippen LogP contribution in [0.15, 0.2) is 10.3 Å². The number of aryl methyl sites for hydroxylation is 1. The molecule has 1 aliphatic carbocycles. The fourth-order valence-electron chi connectivity index (χ4n) is 2.91. The minimum absolute atomic E-state index is 0.0224. The van der Waals surface area contributed by atoms with Crippen molar-refractivity contribution in [3.8, 4) is 0 Å². The zero-order valence-electron chi connectivity index (χ0n) is 12.5. The van der Waals surface area contributed by atoms with Gasteiger partial charge in [0.05, 0.1) is 11.5 Å². The summed E-state index contributed by atoms with van der Waals surface area (Å²) in [5, 5.41) is 11.1. The second-order valence-corrected chi connectivity index (χ2v) is 9.54. The van der Waals surface area contributed by atoms with Crippen LogP contribution in [-0.2, 0) is 16.6 Å². The van der Waals surface area contributed by atoms with Gasteiger partial charge in [0.15, 0.2) is 0 Å². The molecule has 1 saturated carbocycles. The third kappa shape index (κ3) is 3.82. The van der Waals surface area contributed by atoms with E-state index < -0.39 is 10.0 Å². The van der Waals surface area contributed by atoms with Gasteiger partial charge in [0.2, 0.25) is 10.0 Å². The van der Waals surface area contributed by atoms with Crippen molar-refractivity contribution >= 4 is 33.1 Å². The summed E-state index contributed by atoms with van der Waals surface area (Å²) in [6, 6.07) is 0. The predicted molar refractivity (Wildman–Crippen MR) is 89.5 cm³/mol. The second-order valence-electron chi connectivity index (χ2n) is 5.60. The summed E-state index contributed by atoms with van der Waals surface area (Å²) in [6.45, 7) is 2.01. The van der Waals surface area contributed by atoms with Crippen LogP contribution in [0, 0.1) is 6.92 Å². The summed E-state index contributed by atoms with van der Waals surface area (Å²) in [5.41, 5.74) is 0.707. The lowest BCUT2D eigenvalue weighted by atomic mass is 9.88. The van der Waals surface area contributed by atoms with Gasteiger partial charge in [0.1, 0.15) is 4.90 Å². The normalized spacial score (nSPS) is 18.8. The van der Waals surface area contributed by atoms with Gasteiger partial charge in [-0.15, -0.1) is 11.3 Å². The first-order valence-corrected chi connectivity index (χ1v) is 10.8. The fourth-order valence-corrected chi connectivity index (χ4v) is 6.70. The van der Waals surface area contributed by atoms with Crippen LogP contribution in [0.3, 0.4) is 0 Å². The van der Waals surface area contributed by atoms with Crippen molar-refractivity contribution in [2.24, 2.45) is 0 Å². The second kappa shape index (κ2) is 7.00. The molecule has 120 valence electrons. The molecule has 0 amide bonds. The highest BCUT2D eigenvalue weighted by Gasteiger charge is 2.33. The van der Waals surface area contributed by atoms with Crippen molar-refractivity contribution < 1.29 is 13.5 Å². The Morgan fingerprint density at radius 3 is 2.62 bits per heavy atom. The zero-order chi connectivity index (χ0) is 15.5. The number of hydrogen-bond donors (Lipinski definition) is 2. The molecule has 0 aromatic carbocycles. The van der Waals surface area contributed by atoms with Gasteiger partial charge in [-0.2, -0.15) is 11.8 Å². The van der Waals surface area contributed by atoms with Crippen molar-refractivity contribution in [1.82, 2.24) is 4.72 Å². The highest BCUT2D eigenvalue weighted by molar-refractivity contribution is 8.00. The number of aliphatic hydroxyl groups excluding tert-OH is 1. The van der Waals surface area contributed by atoms with E-state index in [0.29, 0.717) is 17.0 Å². The Morgan fingerprint density at radius 1 is 1.38 bits per heavy atom. The molecule has 1 aromatic heterocycles. The fraction of sp³-hybridized carbons (Fsp3) is 0.714. The number of nitrogens with one attached hydrogen (secondary N) is 1. The van der Waals surface area contributed by atoms with E-state index in [2.05, 4.69) is 11.0 Å². The van der Waals surface area contributed by atoms with Crippen molar-refractivity contribution in [2.45, 2.75) is 55.3 Å². The van der Waals surface area contributed by atoms with E-state index in [9.17, 15) is 13.5 Å². The maximum Gasteiger partial charge on any atom is 0.242 e. The monoisotopic (exact) mass is 349 g/mol. The standard InChI is InChI=1S/C14H23NO3S3/c1-11-9-20-12(8-16)13(11)21(17,18)15-10-14(19-2)6-4-3-5-7-14/h9,15-16H,3-8,10H2,1-2H3. The molecule has 0 unspecified atom stereocenters. The number of hydrogen-bond acceptors (Lipinski definition) is 5. The first-order valence-electron chi connectivity index (χ1n) is 7.17. The molecule has 0 spiro atoms. The lowest BCUT2D eigenvalue weighted by molar-refractivity contribution is 0.282. The Labute approximate surface area is 135 Å². The number of thioether (sulfide) groups is 1. The van der Waals surface area contributed by atoms with Crippen LogP contribution in [0.1, 0.15) is 42.5 Å². The molecule has 2 rings (SSSR count). The van der Waals surface area contributed by atoms with Crippen LogP contribution < -0.4 is 4.72 Å². The number of thiophene rings is 1. The molecule has 1 aromatic rings. The largest absolute Gasteiger partial charge is 0.391 e. The van der Waals surface area contributed by atoms with Crippen LogP contribution in [0.4, 0.5) is 0 Å². The lowest BCUT2D eigenvalue weighted by Crippen LogP contribution is -2.41. The molecule has 21 heavy (non-hydrogen) atoms. The Kier molecular flexibility index (Phi) is 5.76. The Hall–Kier alpha value is -0.0800. The molecular formula is C14H23NO3S3. The summed E-state index contributed by atoms with van der Waals surface area (Å²) in [7, 11) is -3.55. The Bertz CT molecular complexity index is 574. The zero-order valence-corrected chi connectivity index (χ0v) is 15.0. The van der Waals surface area contributed by atoms with Crippen LogP contribution in [0.2, 0.25) is 0 Å². The molecular weight excluding hydrogens is 326 g/mol. The molecule has 1 aliphatic rings. The van der Waals surface area contributed by atoms with Gasteiger partial charge in [-0.1, -0.05) is 19.3 Å². The highest BCUT2D eigenvalue weighted by Crippen LogP contribution is 2.38. The van der Waals surface area contributed by atoms with Crippen LogP contribution in [0.5, 0.6) is 0 Å². The average Bonchev–Trinajstić information content (AvgIpc) is 2.88. The molecule has 7 heteroatoms. The molecule has 1 fully saturated rings. The van der Waals surface area contributed by atoms with Crippen molar-refractivity contribution in [3.05, 3.63) is 15.8 Å². The van der Waals surface area contributed by atoms with Crippen molar-refractivity contribution in [1.29, 1.82) is 0 Å². The molecule has 0 saturated heterocycles. The number of aliphatic hydroxyl groups is 1. The minimum atomic E-state index is -3.55. The smallest absolute Gasteiger partial charge is 0.242 e. The van der Waals surface area contributed by atoms with E-state index in [4.69, 9.17) is 0 Å². The van der Waals surface area contributed by atoms with E-state index in [1.165, 1.54) is 30.6 Å². The lowest BCUT2D eigenvalue weighted by Gasteiger charge is -2.35. The van der Waals surface area contributed by atoms with Gasteiger partial charge in [-0.05, 0) is 37.0 Å². The Balaban J connectivity index is 2.15. The average molecular weight is 350 g/mol. The summed E-state index contributed by atoms with van der Waals surface area (Å²) in [6.07, 6.45) is 7.77. The number of sulfonamides is 1. The predicted octanol–water partition coefficient (Wildman–Crippen LogP) is 2.89. The van der Waals surface area contributed by atoms with E-state index >= 15 is 0 Å². The van der Waals surface area contributed by atoms with Crippen molar-refractivity contribution in [3.63, 3.8) is 0 Å². The maximum atomic E-state index is 12.6. The quantitative estimate of drug-likeness (QED) is 0.829. The van der Waals surface area contributed by atoms with E-state index in [-0.39, 0.29) is 16.2 Å². The van der Waals surface area contributed by atoms with Crippen molar-refractivity contribution in [2.75, 3.05) is 12.8 Å². The molecule has 1 heterocycles. The SMILES string of the molecule is CSC1(CNS(=O)(=O)c2c(C)csc2CO)CCCCC1. The number of rotatable bonds is 6. The topological polar surface area (TPSA) is 66.4 Å². The van der Waals surface area contributed by atoms with Gasteiger partial charge < -0.3 is 5.11 Å². The van der Waals surface area contributed by atoms with E-state index in [0.717, 1.165) is 12.8 Å². The molecule has 2 N–H and O–H groups in total. The van der Waals surface area contributed by atoms with Gasteiger partial charge in [0.25, 0.3) is 0 Å². The van der Waals surface area contributed by atoms with Gasteiger partial charge in [-0.3, -0.25) is 0 Å². The first kappa shape index (κ1) is 17.3. The maximum absolute atomic E-state index is 12.6. The molecule has 4 nitrogen and oxygen atoms in total. The Morgan fingerprint density at radius 2 is 2.05 bits per heavy atom. The van der Waals surface area contributed by atoms with Gasteiger partial charge in [-0.25, -0.2) is 13.1 Å². The molecule has 0 radical (unpaired) electrons.